The Bertz CT molecular complexity index is 868. The first-order valence-electron chi connectivity index (χ1n) is 10.7. The number of anilines is 2. The first kappa shape index (κ1) is 19.9. The Kier molecular flexibility index (Phi) is 5.59. The van der Waals surface area contributed by atoms with E-state index < -0.39 is 5.41 Å². The highest BCUT2D eigenvalue weighted by molar-refractivity contribution is 6.00. The normalized spacial score (nSPS) is 18.9. The molecule has 0 atom stereocenters. The maximum Gasteiger partial charge on any atom is 0.235 e. The molecule has 1 heterocycles. The molecule has 1 N–H and O–H groups in total. The van der Waals surface area contributed by atoms with E-state index in [-0.39, 0.29) is 11.7 Å². The Hall–Kier alpha value is -2.40. The van der Waals surface area contributed by atoms with E-state index in [0.717, 1.165) is 68.8 Å². The van der Waals surface area contributed by atoms with Crippen LogP contribution in [-0.4, -0.2) is 43.5 Å². The maximum atomic E-state index is 13.3. The van der Waals surface area contributed by atoms with Gasteiger partial charge < -0.3 is 15.1 Å². The van der Waals surface area contributed by atoms with Crippen molar-refractivity contribution < 1.29 is 9.18 Å². The second-order valence-electron chi connectivity index (χ2n) is 8.32. The predicted molar refractivity (Wildman–Crippen MR) is 116 cm³/mol. The largest absolute Gasteiger partial charge is 0.369 e. The zero-order valence-corrected chi connectivity index (χ0v) is 17.4. The Balaban J connectivity index is 1.48. The number of aryl methyl sites for hydroxylation is 1. The van der Waals surface area contributed by atoms with Crippen LogP contribution in [-0.2, 0) is 10.2 Å². The molecule has 1 saturated heterocycles. The lowest BCUT2D eigenvalue weighted by molar-refractivity contribution is -0.124. The van der Waals surface area contributed by atoms with Gasteiger partial charge in [0.05, 0.1) is 5.41 Å². The molecule has 4 nitrogen and oxygen atoms in total. The number of piperazine rings is 1. The van der Waals surface area contributed by atoms with Crippen LogP contribution in [0.25, 0.3) is 0 Å². The van der Waals surface area contributed by atoms with Gasteiger partial charge in [0.2, 0.25) is 5.91 Å². The molecule has 2 aromatic carbocycles. The third-order valence-corrected chi connectivity index (χ3v) is 6.68. The molecule has 1 amide bonds. The van der Waals surface area contributed by atoms with Gasteiger partial charge in [-0.15, -0.1) is 0 Å². The number of halogens is 1. The zero-order chi connectivity index (χ0) is 20.4. The molecule has 1 saturated carbocycles. The summed E-state index contributed by atoms with van der Waals surface area (Å²) in [7, 11) is 0. The number of benzene rings is 2. The van der Waals surface area contributed by atoms with Crippen LogP contribution in [0.15, 0.2) is 42.5 Å². The van der Waals surface area contributed by atoms with Crippen molar-refractivity contribution in [3.63, 3.8) is 0 Å². The SMILES string of the molecule is CCN1CCN(c2ccc(NC(=O)C3(c4ccc(F)cc4)CCC3)c(C)c2)CC1. The summed E-state index contributed by atoms with van der Waals surface area (Å²) in [5.41, 5.74) is 3.52. The number of rotatable bonds is 5. The lowest BCUT2D eigenvalue weighted by Crippen LogP contribution is -2.46. The van der Waals surface area contributed by atoms with Crippen molar-refractivity contribution in [2.45, 2.75) is 38.5 Å². The number of hydrogen-bond acceptors (Lipinski definition) is 3. The molecular weight excluding hydrogens is 365 g/mol. The van der Waals surface area contributed by atoms with Gasteiger partial charge in [-0.1, -0.05) is 25.5 Å². The summed E-state index contributed by atoms with van der Waals surface area (Å²) in [6.45, 7) is 9.61. The van der Waals surface area contributed by atoms with E-state index in [1.807, 2.05) is 13.0 Å². The summed E-state index contributed by atoms with van der Waals surface area (Å²) in [6.07, 6.45) is 2.64. The third-order valence-electron chi connectivity index (χ3n) is 6.68. The van der Waals surface area contributed by atoms with Gasteiger partial charge >= 0.3 is 0 Å². The van der Waals surface area contributed by atoms with Crippen LogP contribution in [0, 0.1) is 12.7 Å². The fourth-order valence-corrected chi connectivity index (χ4v) is 4.50. The molecule has 5 heteroatoms. The van der Waals surface area contributed by atoms with Crippen molar-refractivity contribution in [3.8, 4) is 0 Å². The van der Waals surface area contributed by atoms with Crippen LogP contribution in [0.1, 0.15) is 37.3 Å². The lowest BCUT2D eigenvalue weighted by atomic mass is 9.63. The van der Waals surface area contributed by atoms with Crippen LogP contribution in [0.4, 0.5) is 15.8 Å². The van der Waals surface area contributed by atoms with Crippen molar-refractivity contribution in [1.29, 1.82) is 0 Å². The fraction of sp³-hybridized carbons (Fsp3) is 0.458. The van der Waals surface area contributed by atoms with E-state index in [1.165, 1.54) is 17.8 Å². The minimum atomic E-state index is -0.532. The molecule has 2 fully saturated rings. The van der Waals surface area contributed by atoms with Gasteiger partial charge in [-0.2, -0.15) is 0 Å². The van der Waals surface area contributed by atoms with Gasteiger partial charge in [0.1, 0.15) is 5.82 Å². The van der Waals surface area contributed by atoms with Gasteiger partial charge in [-0.25, -0.2) is 4.39 Å². The van der Waals surface area contributed by atoms with Gasteiger partial charge in [0.25, 0.3) is 0 Å². The first-order chi connectivity index (χ1) is 14.0. The molecular formula is C24H30FN3O. The molecule has 1 aliphatic carbocycles. The molecule has 0 spiro atoms. The molecule has 0 radical (unpaired) electrons. The number of nitrogens with one attached hydrogen (secondary N) is 1. The van der Waals surface area contributed by atoms with E-state index in [4.69, 9.17) is 0 Å². The predicted octanol–water partition coefficient (Wildman–Crippen LogP) is 4.34. The molecule has 2 aromatic rings. The Morgan fingerprint density at radius 3 is 2.31 bits per heavy atom. The Morgan fingerprint density at radius 2 is 1.76 bits per heavy atom. The number of amides is 1. The van der Waals surface area contributed by atoms with Crippen LogP contribution >= 0.6 is 0 Å². The van der Waals surface area contributed by atoms with E-state index >= 15 is 0 Å². The van der Waals surface area contributed by atoms with E-state index in [1.54, 1.807) is 12.1 Å². The van der Waals surface area contributed by atoms with E-state index in [2.05, 4.69) is 34.2 Å². The molecule has 154 valence electrons. The number of carbonyl (C=O) groups excluding carboxylic acids is 1. The zero-order valence-electron chi connectivity index (χ0n) is 17.4. The molecule has 1 aliphatic heterocycles. The third kappa shape index (κ3) is 3.88. The summed E-state index contributed by atoms with van der Waals surface area (Å²) < 4.78 is 13.3. The van der Waals surface area contributed by atoms with Crippen LogP contribution in [0.5, 0.6) is 0 Å². The number of carbonyl (C=O) groups is 1. The monoisotopic (exact) mass is 395 g/mol. The number of likely N-dealkylation sites (N-methyl/N-ethyl adjacent to an activating group) is 1. The second-order valence-corrected chi connectivity index (χ2v) is 8.32. The van der Waals surface area contributed by atoms with Gasteiger partial charge in [0, 0.05) is 37.6 Å². The molecule has 0 aromatic heterocycles. The first-order valence-corrected chi connectivity index (χ1v) is 10.7. The minimum Gasteiger partial charge on any atom is -0.369 e. The smallest absolute Gasteiger partial charge is 0.235 e. The molecule has 29 heavy (non-hydrogen) atoms. The maximum absolute atomic E-state index is 13.3. The number of nitrogens with zero attached hydrogens (tertiary/aromatic N) is 2. The van der Waals surface area contributed by atoms with E-state index in [9.17, 15) is 9.18 Å². The van der Waals surface area contributed by atoms with Crippen molar-refractivity contribution in [2.24, 2.45) is 0 Å². The van der Waals surface area contributed by atoms with Crippen LogP contribution in [0.2, 0.25) is 0 Å². The molecule has 0 bridgehead atoms. The molecule has 0 unspecified atom stereocenters. The van der Waals surface area contributed by atoms with E-state index in [0.29, 0.717) is 0 Å². The van der Waals surface area contributed by atoms with Gasteiger partial charge in [-0.3, -0.25) is 4.79 Å². The standard InChI is InChI=1S/C24H30FN3O/c1-3-27-13-15-28(16-14-27)21-9-10-22(18(2)17-21)26-23(29)24(11-4-12-24)19-5-7-20(25)8-6-19/h5-10,17H,3-4,11-16H2,1-2H3,(H,26,29). The van der Waals surface area contributed by atoms with Crippen molar-refractivity contribution in [3.05, 3.63) is 59.4 Å². The summed E-state index contributed by atoms with van der Waals surface area (Å²) in [4.78, 5) is 18.1. The van der Waals surface area contributed by atoms with Crippen molar-refractivity contribution in [2.75, 3.05) is 42.9 Å². The quantitative estimate of drug-likeness (QED) is 0.818. The fourth-order valence-electron chi connectivity index (χ4n) is 4.50. The second kappa shape index (κ2) is 8.15. The molecule has 2 aliphatic rings. The molecule has 4 rings (SSSR count). The van der Waals surface area contributed by atoms with Crippen LogP contribution in [0.3, 0.4) is 0 Å². The Labute approximate surface area is 172 Å². The minimum absolute atomic E-state index is 0.0165. The Morgan fingerprint density at radius 1 is 1.07 bits per heavy atom. The topological polar surface area (TPSA) is 35.6 Å². The summed E-state index contributed by atoms with van der Waals surface area (Å²) in [5, 5.41) is 3.15. The lowest BCUT2D eigenvalue weighted by Gasteiger charge is -2.41. The highest BCUT2D eigenvalue weighted by atomic mass is 19.1. The highest BCUT2D eigenvalue weighted by Gasteiger charge is 2.45. The van der Waals surface area contributed by atoms with Crippen molar-refractivity contribution >= 4 is 17.3 Å². The summed E-state index contributed by atoms with van der Waals surface area (Å²) >= 11 is 0. The average Bonchev–Trinajstić information content (AvgIpc) is 2.70. The number of hydrogen-bond donors (Lipinski definition) is 1. The highest BCUT2D eigenvalue weighted by Crippen LogP contribution is 2.44. The van der Waals surface area contributed by atoms with Gasteiger partial charge in [0.15, 0.2) is 0 Å². The summed E-state index contributed by atoms with van der Waals surface area (Å²) in [6, 6.07) is 12.7. The van der Waals surface area contributed by atoms with Gasteiger partial charge in [-0.05, 0) is 67.8 Å². The summed E-state index contributed by atoms with van der Waals surface area (Å²) in [5.74, 6) is -0.252. The van der Waals surface area contributed by atoms with Crippen LogP contribution < -0.4 is 10.2 Å². The average molecular weight is 396 g/mol. The van der Waals surface area contributed by atoms with Crippen molar-refractivity contribution in [1.82, 2.24) is 4.90 Å².